The van der Waals surface area contributed by atoms with E-state index in [2.05, 4.69) is 6.92 Å². The van der Waals surface area contributed by atoms with Gasteiger partial charge in [-0.05, 0) is 73.8 Å². The topological polar surface area (TPSA) is 106 Å². The Morgan fingerprint density at radius 3 is 2.64 bits per heavy atom. The van der Waals surface area contributed by atoms with E-state index in [-0.39, 0.29) is 35.2 Å². The Labute approximate surface area is 192 Å². The van der Waals surface area contributed by atoms with Crippen LogP contribution < -0.4 is 5.63 Å². The van der Waals surface area contributed by atoms with Crippen molar-refractivity contribution in [2.45, 2.75) is 89.1 Å². The van der Waals surface area contributed by atoms with Gasteiger partial charge in [0.15, 0.2) is 0 Å². The summed E-state index contributed by atoms with van der Waals surface area (Å²) in [6, 6.07) is 3.05. The predicted octanol–water partition coefficient (Wildman–Crippen LogP) is 2.98. The van der Waals surface area contributed by atoms with Gasteiger partial charge < -0.3 is 19.0 Å². The third-order valence-corrected chi connectivity index (χ3v) is 10.3. The Bertz CT molecular complexity index is 1060. The van der Waals surface area contributed by atoms with Crippen molar-refractivity contribution in [3.63, 3.8) is 0 Å². The summed E-state index contributed by atoms with van der Waals surface area (Å²) in [4.78, 5) is 37.8. The van der Waals surface area contributed by atoms with E-state index in [4.69, 9.17) is 13.9 Å². The lowest BCUT2D eigenvalue weighted by Gasteiger charge is -2.60. The second-order valence-corrected chi connectivity index (χ2v) is 11.5. The highest BCUT2D eigenvalue weighted by atomic mass is 16.7. The van der Waals surface area contributed by atoms with Gasteiger partial charge in [0.2, 0.25) is 0 Å². The van der Waals surface area contributed by atoms with E-state index in [0.29, 0.717) is 17.9 Å². The Morgan fingerprint density at radius 2 is 1.94 bits per heavy atom. The Morgan fingerprint density at radius 1 is 1.15 bits per heavy atom. The first kappa shape index (κ1) is 21.5. The zero-order chi connectivity index (χ0) is 23.3. The molecule has 5 aliphatic rings. The highest BCUT2D eigenvalue weighted by molar-refractivity contribution is 5.91. The summed E-state index contributed by atoms with van der Waals surface area (Å²) >= 11 is 0. The summed E-state index contributed by atoms with van der Waals surface area (Å²) in [5, 5.41) is 10.3. The number of ketones is 1. The average molecular weight is 457 g/mol. The molecule has 2 heterocycles. The molecular weight excluding hydrogens is 424 g/mol. The number of carbonyl (C=O) groups excluding carboxylic acids is 2. The summed E-state index contributed by atoms with van der Waals surface area (Å²) in [5.74, 6) is 0.122. The number of aliphatic hydroxyl groups is 1. The number of esters is 1. The minimum Gasteiger partial charge on any atom is -0.459 e. The van der Waals surface area contributed by atoms with Gasteiger partial charge in [-0.2, -0.15) is 0 Å². The van der Waals surface area contributed by atoms with Crippen molar-refractivity contribution in [2.24, 2.45) is 28.6 Å². The predicted molar refractivity (Wildman–Crippen MR) is 116 cm³/mol. The standard InChI is InChI=1S/C26H32O7/c1-13(27)32-22-21(14-4-7-20(30)31-12-14)25(3)19(29)11-18-17(26(25)23(22)33-26)6-5-15-10-16(28)8-9-24(15,18)2/h4,7,12,15-18,21-23,28H,5-6,8-11H2,1-3H3/t15-,16+,17?,18+,21+,22-,23-,24+,25-,26?/m1/s1. The maximum Gasteiger partial charge on any atom is 0.335 e. The summed E-state index contributed by atoms with van der Waals surface area (Å²) in [5.41, 5.74) is -1.29. The largest absolute Gasteiger partial charge is 0.459 e. The molecular formula is C26H32O7. The van der Waals surface area contributed by atoms with E-state index in [9.17, 15) is 19.5 Å². The molecule has 0 aromatic carbocycles. The van der Waals surface area contributed by atoms with Crippen LogP contribution in [-0.4, -0.2) is 40.8 Å². The number of aliphatic hydroxyl groups excluding tert-OH is 1. The van der Waals surface area contributed by atoms with Crippen LogP contribution in [-0.2, 0) is 19.1 Å². The van der Waals surface area contributed by atoms with Gasteiger partial charge in [0.1, 0.15) is 23.6 Å². The minimum absolute atomic E-state index is 0.00105. The molecule has 1 saturated heterocycles. The lowest BCUT2D eigenvalue weighted by molar-refractivity contribution is -0.170. The zero-order valence-corrected chi connectivity index (χ0v) is 19.4. The van der Waals surface area contributed by atoms with Crippen LogP contribution in [0.1, 0.15) is 70.8 Å². The van der Waals surface area contributed by atoms with Crippen molar-refractivity contribution in [1.29, 1.82) is 0 Å². The lowest BCUT2D eigenvalue weighted by Crippen LogP contribution is -2.61. The molecule has 4 aliphatic carbocycles. The molecule has 5 fully saturated rings. The second kappa shape index (κ2) is 6.79. The van der Waals surface area contributed by atoms with Crippen molar-refractivity contribution in [2.75, 3.05) is 0 Å². The van der Waals surface area contributed by atoms with Gasteiger partial charge in [0, 0.05) is 25.3 Å². The van der Waals surface area contributed by atoms with E-state index >= 15 is 0 Å². The summed E-state index contributed by atoms with van der Waals surface area (Å²) < 4.78 is 17.5. The maximum atomic E-state index is 14.1. The van der Waals surface area contributed by atoms with Gasteiger partial charge in [0.05, 0.1) is 17.8 Å². The highest BCUT2D eigenvalue weighted by Gasteiger charge is 2.87. The highest BCUT2D eigenvalue weighted by Crippen LogP contribution is 2.77. The molecule has 6 rings (SSSR count). The van der Waals surface area contributed by atoms with Crippen LogP contribution in [0.3, 0.4) is 0 Å². The lowest BCUT2D eigenvalue weighted by atomic mass is 9.43. The van der Waals surface area contributed by atoms with Gasteiger partial charge in [0.25, 0.3) is 0 Å². The fourth-order valence-electron chi connectivity index (χ4n) is 8.79. The first-order valence-corrected chi connectivity index (χ1v) is 12.3. The molecule has 4 saturated carbocycles. The maximum absolute atomic E-state index is 14.1. The van der Waals surface area contributed by atoms with Crippen molar-refractivity contribution in [3.05, 3.63) is 34.4 Å². The number of hydrogen-bond donors (Lipinski definition) is 1. The number of carbonyl (C=O) groups is 2. The molecule has 1 spiro atoms. The van der Waals surface area contributed by atoms with Gasteiger partial charge in [-0.1, -0.05) is 6.92 Å². The molecule has 33 heavy (non-hydrogen) atoms. The van der Waals surface area contributed by atoms with Crippen LogP contribution in [0.4, 0.5) is 0 Å². The smallest absolute Gasteiger partial charge is 0.335 e. The second-order valence-electron chi connectivity index (χ2n) is 11.5. The number of fused-ring (bicyclic) bond motifs is 3. The van der Waals surface area contributed by atoms with E-state index < -0.39 is 34.6 Å². The van der Waals surface area contributed by atoms with E-state index in [1.54, 1.807) is 6.07 Å². The molecule has 0 bridgehead atoms. The first-order chi connectivity index (χ1) is 15.6. The fourth-order valence-corrected chi connectivity index (χ4v) is 8.79. The third kappa shape index (κ3) is 2.61. The molecule has 2 unspecified atom stereocenters. The molecule has 1 N–H and O–H groups in total. The van der Waals surface area contributed by atoms with Crippen LogP contribution in [0.5, 0.6) is 0 Å². The van der Waals surface area contributed by atoms with Crippen molar-refractivity contribution in [3.8, 4) is 0 Å². The van der Waals surface area contributed by atoms with E-state index in [0.717, 1.165) is 32.1 Å². The van der Waals surface area contributed by atoms with Crippen molar-refractivity contribution >= 4 is 11.8 Å². The van der Waals surface area contributed by atoms with Crippen molar-refractivity contribution < 1.29 is 28.6 Å². The Hall–Kier alpha value is -1.99. The molecule has 10 atom stereocenters. The van der Waals surface area contributed by atoms with E-state index in [1.165, 1.54) is 19.3 Å². The number of Topliss-reactive ketones (excluding diaryl/α,β-unsaturated/α-hetero) is 1. The molecule has 7 nitrogen and oxygen atoms in total. The molecule has 1 aromatic rings. The summed E-state index contributed by atoms with van der Waals surface area (Å²) in [6.07, 6.45) is 5.17. The molecule has 1 aromatic heterocycles. The molecule has 0 radical (unpaired) electrons. The summed E-state index contributed by atoms with van der Waals surface area (Å²) in [6.45, 7) is 5.67. The van der Waals surface area contributed by atoms with Gasteiger partial charge in [-0.25, -0.2) is 4.79 Å². The molecule has 1 aliphatic heterocycles. The van der Waals surface area contributed by atoms with Crippen LogP contribution in [0.25, 0.3) is 0 Å². The monoisotopic (exact) mass is 456 g/mol. The summed E-state index contributed by atoms with van der Waals surface area (Å²) in [7, 11) is 0. The van der Waals surface area contributed by atoms with Crippen molar-refractivity contribution in [1.82, 2.24) is 0 Å². The fraction of sp³-hybridized carbons (Fsp3) is 0.731. The molecule has 0 amide bonds. The average Bonchev–Trinajstić information content (AvgIpc) is 3.46. The van der Waals surface area contributed by atoms with Crippen LogP contribution in [0, 0.1) is 28.6 Å². The number of rotatable bonds is 2. The Balaban J connectivity index is 1.45. The minimum atomic E-state index is -0.865. The third-order valence-electron chi connectivity index (χ3n) is 10.3. The quantitative estimate of drug-likeness (QED) is 0.539. The van der Waals surface area contributed by atoms with Crippen LogP contribution in [0.15, 0.2) is 27.6 Å². The number of ether oxygens (including phenoxy) is 2. The van der Waals surface area contributed by atoms with Gasteiger partial charge in [-0.3, -0.25) is 9.59 Å². The number of hydrogen-bond acceptors (Lipinski definition) is 7. The SMILES string of the molecule is CC(=O)O[C@H]1[C@H]2OC23C2CC[C@@H]4C[C@@H](O)CC[C@]4(C)[C@H]2CC(=O)[C@]3(C)[C@H]1c1ccc(=O)oc1. The van der Waals surface area contributed by atoms with Crippen LogP contribution in [0.2, 0.25) is 0 Å². The first-order valence-electron chi connectivity index (χ1n) is 12.3. The van der Waals surface area contributed by atoms with Crippen LogP contribution >= 0.6 is 0 Å². The number of epoxide rings is 1. The van der Waals surface area contributed by atoms with E-state index in [1.807, 2.05) is 6.92 Å². The Kier molecular flexibility index (Phi) is 4.43. The molecule has 7 heteroatoms. The zero-order valence-electron chi connectivity index (χ0n) is 19.4. The normalized spacial score (nSPS) is 49.9. The van der Waals surface area contributed by atoms with Gasteiger partial charge in [-0.15, -0.1) is 0 Å². The van der Waals surface area contributed by atoms with Gasteiger partial charge >= 0.3 is 11.6 Å². The molecule has 178 valence electrons.